The van der Waals surface area contributed by atoms with Crippen LogP contribution in [0.3, 0.4) is 0 Å². The van der Waals surface area contributed by atoms with E-state index in [-0.39, 0.29) is 11.4 Å². The molecule has 2 aromatic rings. The van der Waals surface area contributed by atoms with Crippen LogP contribution >= 0.6 is 0 Å². The molecule has 0 radical (unpaired) electrons. The lowest BCUT2D eigenvalue weighted by Crippen LogP contribution is -2.32. The molecule has 1 aliphatic heterocycles. The maximum absolute atomic E-state index is 12.7. The predicted molar refractivity (Wildman–Crippen MR) is 123 cm³/mol. The maximum atomic E-state index is 12.7. The van der Waals surface area contributed by atoms with Crippen molar-refractivity contribution < 1.29 is 23.0 Å². The van der Waals surface area contributed by atoms with Crippen molar-refractivity contribution in [2.45, 2.75) is 45.6 Å². The van der Waals surface area contributed by atoms with E-state index in [1.807, 2.05) is 25.1 Å². The summed E-state index contributed by atoms with van der Waals surface area (Å²) in [6.45, 7) is 5.61. The number of aryl methyl sites for hydroxylation is 1. The van der Waals surface area contributed by atoms with Crippen molar-refractivity contribution >= 4 is 17.8 Å². The van der Waals surface area contributed by atoms with Crippen LogP contribution in [0.15, 0.2) is 30.3 Å². The van der Waals surface area contributed by atoms with Crippen molar-refractivity contribution in [1.29, 1.82) is 0 Å². The van der Waals surface area contributed by atoms with Gasteiger partial charge in [-0.15, -0.1) is 0 Å². The van der Waals surface area contributed by atoms with Crippen molar-refractivity contribution in [3.8, 4) is 11.5 Å². The number of carbonyl (C=O) groups is 1. The van der Waals surface area contributed by atoms with E-state index >= 15 is 0 Å². The van der Waals surface area contributed by atoms with Gasteiger partial charge in [-0.05, 0) is 55.5 Å². The minimum Gasteiger partial charge on any atom is -0.486 e. The van der Waals surface area contributed by atoms with Gasteiger partial charge in [0.2, 0.25) is 6.41 Å². The zero-order valence-corrected chi connectivity index (χ0v) is 18.9. The number of fused-ring (bicyclic) bond motifs is 1. The van der Waals surface area contributed by atoms with E-state index in [4.69, 9.17) is 15.2 Å². The summed E-state index contributed by atoms with van der Waals surface area (Å²) < 4.78 is 36.0. The van der Waals surface area contributed by atoms with Crippen molar-refractivity contribution in [3.63, 3.8) is 0 Å². The van der Waals surface area contributed by atoms with Gasteiger partial charge in [-0.25, -0.2) is 8.78 Å². The molecule has 2 atom stereocenters. The summed E-state index contributed by atoms with van der Waals surface area (Å²) >= 11 is 0. The molecule has 4 N–H and O–H groups in total. The first-order valence-corrected chi connectivity index (χ1v) is 10.8. The Kier molecular flexibility index (Phi) is 10.0. The predicted octanol–water partition coefficient (Wildman–Crippen LogP) is 4.67. The van der Waals surface area contributed by atoms with E-state index in [1.54, 1.807) is 0 Å². The summed E-state index contributed by atoms with van der Waals surface area (Å²) in [5.74, 6) is 0.695. The largest absolute Gasteiger partial charge is 0.486 e. The molecule has 0 bridgehead atoms. The summed E-state index contributed by atoms with van der Waals surface area (Å²) in [5.41, 5.74) is 6.74. The molecule has 1 heterocycles. The second kappa shape index (κ2) is 12.7. The number of hydrogen-bond acceptors (Lipinski definition) is 5. The fourth-order valence-corrected chi connectivity index (χ4v) is 3.65. The Balaban J connectivity index is 0.000000170. The molecule has 32 heavy (non-hydrogen) atoms. The third-order valence-corrected chi connectivity index (χ3v) is 5.31. The van der Waals surface area contributed by atoms with Crippen molar-refractivity contribution in [3.05, 3.63) is 47.5 Å². The second-order valence-electron chi connectivity index (χ2n) is 7.98. The van der Waals surface area contributed by atoms with E-state index in [1.165, 1.54) is 44.4 Å². The Morgan fingerprint density at radius 2 is 1.81 bits per heavy atom. The van der Waals surface area contributed by atoms with Crippen LogP contribution in [0.5, 0.6) is 11.5 Å². The first-order chi connectivity index (χ1) is 15.3. The first-order valence-electron chi connectivity index (χ1n) is 10.8. The molecule has 1 fully saturated rings. The van der Waals surface area contributed by atoms with Crippen LogP contribution in [0.4, 0.5) is 20.2 Å². The molecule has 2 unspecified atom stereocenters. The maximum Gasteiger partial charge on any atom is 0.207 e. The number of nitrogen functional groups attached to an aromatic ring is 1. The highest BCUT2D eigenvalue weighted by atomic mass is 19.2. The highest BCUT2D eigenvalue weighted by molar-refractivity contribution is 5.66. The van der Waals surface area contributed by atoms with Gasteiger partial charge in [0.1, 0.15) is 13.2 Å². The van der Waals surface area contributed by atoms with Crippen LogP contribution in [0.1, 0.15) is 38.2 Å². The standard InChI is InChI=1S/C9H10O2.C8H15NO.C7H8F2N2/c1-7-2-3-8-9(6-7)11-5-4-10-8;1-7-3-2-4-8(5-7)9-6-10;1-11-7-5(10)3-2-4(8)6(7)9/h2-3,6H,4-5H2,1H3;6-8H,2-5H2,1H3,(H,9,10);2-3,11H,10H2,1H3. The van der Waals surface area contributed by atoms with Gasteiger partial charge in [0.05, 0.1) is 11.4 Å². The van der Waals surface area contributed by atoms with Gasteiger partial charge in [-0.3, -0.25) is 4.79 Å². The minimum absolute atomic E-state index is 0.00463. The molecule has 1 saturated carbocycles. The number of amides is 1. The van der Waals surface area contributed by atoms with Crippen molar-refractivity contribution in [2.75, 3.05) is 31.3 Å². The van der Waals surface area contributed by atoms with Crippen LogP contribution in [-0.2, 0) is 4.79 Å². The van der Waals surface area contributed by atoms with Gasteiger partial charge >= 0.3 is 0 Å². The van der Waals surface area contributed by atoms with Crippen LogP contribution < -0.4 is 25.8 Å². The molecule has 1 amide bonds. The monoisotopic (exact) mass is 449 g/mol. The smallest absolute Gasteiger partial charge is 0.207 e. The molecule has 0 spiro atoms. The number of anilines is 2. The molecule has 1 aliphatic carbocycles. The number of nitrogens with one attached hydrogen (secondary N) is 2. The van der Waals surface area contributed by atoms with E-state index in [2.05, 4.69) is 17.6 Å². The summed E-state index contributed by atoms with van der Waals surface area (Å²) in [6.07, 6.45) is 5.76. The lowest BCUT2D eigenvalue weighted by atomic mass is 9.87. The van der Waals surface area contributed by atoms with Gasteiger partial charge < -0.3 is 25.8 Å². The number of carbonyl (C=O) groups excluding carboxylic acids is 1. The van der Waals surface area contributed by atoms with Crippen molar-refractivity contribution in [1.82, 2.24) is 5.32 Å². The van der Waals surface area contributed by atoms with E-state index in [0.29, 0.717) is 19.3 Å². The molecule has 4 rings (SSSR count). The Morgan fingerprint density at radius 1 is 1.09 bits per heavy atom. The molecule has 6 nitrogen and oxygen atoms in total. The second-order valence-corrected chi connectivity index (χ2v) is 7.98. The zero-order valence-electron chi connectivity index (χ0n) is 18.9. The Hall–Kier alpha value is -3.03. The van der Waals surface area contributed by atoms with E-state index in [9.17, 15) is 13.6 Å². The molecule has 176 valence electrons. The highest BCUT2D eigenvalue weighted by Crippen LogP contribution is 2.30. The first kappa shape index (κ1) is 25.2. The van der Waals surface area contributed by atoms with Gasteiger partial charge in [0, 0.05) is 13.1 Å². The average Bonchev–Trinajstić information content (AvgIpc) is 2.78. The lowest BCUT2D eigenvalue weighted by Gasteiger charge is -2.25. The van der Waals surface area contributed by atoms with Gasteiger partial charge in [-0.1, -0.05) is 25.8 Å². The van der Waals surface area contributed by atoms with Gasteiger partial charge in [0.15, 0.2) is 23.1 Å². The quantitative estimate of drug-likeness (QED) is 0.469. The summed E-state index contributed by atoms with van der Waals surface area (Å²) in [7, 11) is 1.48. The normalized spacial score (nSPS) is 18.8. The Morgan fingerprint density at radius 3 is 2.44 bits per heavy atom. The molecular weight excluding hydrogens is 416 g/mol. The fourth-order valence-electron chi connectivity index (χ4n) is 3.65. The highest BCUT2D eigenvalue weighted by Gasteiger charge is 2.17. The summed E-state index contributed by atoms with van der Waals surface area (Å²) in [4.78, 5) is 10.1. The number of halogens is 2. The van der Waals surface area contributed by atoms with Crippen molar-refractivity contribution in [2.24, 2.45) is 5.92 Å². The van der Waals surface area contributed by atoms with Gasteiger partial charge in [0.25, 0.3) is 0 Å². The summed E-state index contributed by atoms with van der Waals surface area (Å²) in [6, 6.07) is 8.72. The number of hydrogen-bond donors (Lipinski definition) is 3. The molecule has 8 heteroatoms. The van der Waals surface area contributed by atoms with Gasteiger partial charge in [-0.2, -0.15) is 0 Å². The molecule has 2 aromatic carbocycles. The SMILES string of the molecule is CC1CCCC(NC=O)C1.CNc1c(N)ccc(F)c1F.Cc1ccc2c(c1)OCCO2. The third-order valence-electron chi connectivity index (χ3n) is 5.31. The van der Waals surface area contributed by atoms with E-state index in [0.717, 1.165) is 29.9 Å². The molecule has 2 aliphatic rings. The van der Waals surface area contributed by atoms with Crippen LogP contribution in [-0.4, -0.2) is 32.7 Å². The zero-order chi connectivity index (χ0) is 23.5. The van der Waals surface area contributed by atoms with Crippen LogP contribution in [0.2, 0.25) is 0 Å². The molecular formula is C24H33F2N3O3. The average molecular weight is 450 g/mol. The minimum atomic E-state index is -0.937. The number of rotatable bonds is 3. The molecule has 0 saturated heterocycles. The third kappa shape index (κ3) is 7.59. The topological polar surface area (TPSA) is 85.6 Å². The molecule has 0 aromatic heterocycles. The Bertz CT molecular complexity index is 880. The van der Waals surface area contributed by atoms with Crippen LogP contribution in [0, 0.1) is 24.5 Å². The fraction of sp³-hybridized carbons (Fsp3) is 0.458. The number of nitrogens with two attached hydrogens (primary N) is 1. The Labute approximate surface area is 188 Å². The van der Waals surface area contributed by atoms with E-state index < -0.39 is 11.6 Å². The summed E-state index contributed by atoms with van der Waals surface area (Å²) in [5, 5.41) is 5.30. The number of ether oxygens (including phenoxy) is 2. The van der Waals surface area contributed by atoms with Crippen LogP contribution in [0.25, 0.3) is 0 Å². The lowest BCUT2D eigenvalue weighted by molar-refractivity contribution is -0.110. The number of benzene rings is 2.